The lowest BCUT2D eigenvalue weighted by molar-refractivity contribution is -0.125. The van der Waals surface area contributed by atoms with Gasteiger partial charge in [0.2, 0.25) is 15.9 Å². The van der Waals surface area contributed by atoms with Crippen molar-refractivity contribution in [2.45, 2.75) is 42.9 Å². The number of benzene rings is 1. The monoisotopic (exact) mass is 445 g/mol. The second-order valence-corrected chi connectivity index (χ2v) is 9.11. The van der Waals surface area contributed by atoms with E-state index < -0.39 is 28.3 Å². The molecule has 8 nitrogen and oxygen atoms in total. The van der Waals surface area contributed by atoms with Crippen molar-refractivity contribution in [3.8, 4) is 0 Å². The first-order chi connectivity index (χ1) is 14.9. The largest absolute Gasteiger partial charge is 0.394 e. The van der Waals surface area contributed by atoms with Crippen LogP contribution in [0.4, 0.5) is 0 Å². The number of amides is 1. The zero-order valence-electron chi connectivity index (χ0n) is 17.3. The van der Waals surface area contributed by atoms with E-state index >= 15 is 0 Å². The molecule has 31 heavy (non-hydrogen) atoms. The third-order valence-corrected chi connectivity index (χ3v) is 6.43. The second kappa shape index (κ2) is 10.6. The summed E-state index contributed by atoms with van der Waals surface area (Å²) in [4.78, 5) is 16.3. The molecular formula is C22H27N3O5S. The van der Waals surface area contributed by atoms with E-state index in [9.17, 15) is 18.3 Å². The number of pyridine rings is 1. The van der Waals surface area contributed by atoms with Crippen LogP contribution in [0, 0.1) is 6.92 Å². The van der Waals surface area contributed by atoms with E-state index in [1.807, 2.05) is 19.1 Å². The molecule has 3 N–H and O–H groups in total. The summed E-state index contributed by atoms with van der Waals surface area (Å²) in [6, 6.07) is 9.53. The van der Waals surface area contributed by atoms with Crippen LogP contribution in [0.3, 0.4) is 0 Å². The number of aromatic nitrogens is 1. The molecule has 1 aromatic carbocycles. The second-order valence-electron chi connectivity index (χ2n) is 7.40. The van der Waals surface area contributed by atoms with Gasteiger partial charge in [-0.05, 0) is 43.2 Å². The van der Waals surface area contributed by atoms with E-state index in [1.165, 1.54) is 12.1 Å². The van der Waals surface area contributed by atoms with Crippen molar-refractivity contribution in [1.82, 2.24) is 15.0 Å². The number of rotatable bonds is 9. The lowest BCUT2D eigenvalue weighted by Crippen LogP contribution is -2.49. The highest BCUT2D eigenvalue weighted by Gasteiger charge is 2.31. The van der Waals surface area contributed by atoms with Crippen molar-refractivity contribution in [3.63, 3.8) is 0 Å². The molecule has 3 atom stereocenters. The zero-order valence-corrected chi connectivity index (χ0v) is 18.1. The Hall–Kier alpha value is -2.59. The van der Waals surface area contributed by atoms with Gasteiger partial charge in [-0.1, -0.05) is 29.8 Å². The van der Waals surface area contributed by atoms with Crippen molar-refractivity contribution in [2.75, 3.05) is 13.2 Å². The van der Waals surface area contributed by atoms with Gasteiger partial charge in [-0.25, -0.2) is 13.1 Å². The third kappa shape index (κ3) is 6.70. The predicted octanol–water partition coefficient (Wildman–Crippen LogP) is 1.10. The first-order valence-electron chi connectivity index (χ1n) is 10.1. The van der Waals surface area contributed by atoms with E-state index in [4.69, 9.17) is 4.74 Å². The maximum Gasteiger partial charge on any atom is 0.241 e. The van der Waals surface area contributed by atoms with Crippen molar-refractivity contribution in [3.05, 3.63) is 72.1 Å². The quantitative estimate of drug-likeness (QED) is 0.498. The van der Waals surface area contributed by atoms with Gasteiger partial charge in [0, 0.05) is 18.9 Å². The van der Waals surface area contributed by atoms with Gasteiger partial charge in [0.15, 0.2) is 0 Å². The van der Waals surface area contributed by atoms with Crippen molar-refractivity contribution < 1.29 is 23.1 Å². The van der Waals surface area contributed by atoms with Crippen LogP contribution < -0.4 is 10.0 Å². The van der Waals surface area contributed by atoms with Crippen molar-refractivity contribution in [1.29, 1.82) is 0 Å². The topological polar surface area (TPSA) is 118 Å². The van der Waals surface area contributed by atoms with Crippen molar-refractivity contribution >= 4 is 15.9 Å². The number of hydrogen-bond acceptors (Lipinski definition) is 6. The molecule has 0 radical (unpaired) electrons. The van der Waals surface area contributed by atoms with Crippen LogP contribution in [-0.4, -0.2) is 55.8 Å². The molecule has 1 amide bonds. The number of aliphatic hydroxyl groups excluding tert-OH is 1. The molecule has 0 unspecified atom stereocenters. The molecule has 1 aliphatic heterocycles. The minimum Gasteiger partial charge on any atom is -0.394 e. The standard InChI is InChI=1S/C22H27N3O5S/c1-16-2-5-19(6-3-16)31(28,29)25-20-7-4-18(30-21(20)15-26)14-22(27)24-13-10-17-8-11-23-12-9-17/h2-9,11-12,18,20-21,25-26H,10,13-15H2,1H3,(H,24,27)/t18-,20-,21-/m1/s1. The number of ether oxygens (including phenoxy) is 1. The average molecular weight is 446 g/mol. The molecule has 1 aromatic heterocycles. The fraction of sp³-hybridized carbons (Fsp3) is 0.364. The Morgan fingerprint density at radius 2 is 1.84 bits per heavy atom. The first kappa shape index (κ1) is 23.1. The van der Waals surface area contributed by atoms with Crippen LogP contribution in [0.2, 0.25) is 0 Å². The van der Waals surface area contributed by atoms with Gasteiger partial charge in [0.1, 0.15) is 6.10 Å². The number of nitrogens with zero attached hydrogens (tertiary/aromatic N) is 1. The van der Waals surface area contributed by atoms with Crippen molar-refractivity contribution in [2.24, 2.45) is 0 Å². The summed E-state index contributed by atoms with van der Waals surface area (Å²) in [7, 11) is -3.77. The van der Waals surface area contributed by atoms with Crippen LogP contribution >= 0.6 is 0 Å². The van der Waals surface area contributed by atoms with E-state index in [0.717, 1.165) is 11.1 Å². The Morgan fingerprint density at radius 3 is 2.52 bits per heavy atom. The maximum absolute atomic E-state index is 12.6. The summed E-state index contributed by atoms with van der Waals surface area (Å²) in [5, 5.41) is 12.5. The third-order valence-electron chi connectivity index (χ3n) is 4.96. The summed E-state index contributed by atoms with van der Waals surface area (Å²) < 4.78 is 33.5. The van der Waals surface area contributed by atoms with Gasteiger partial charge in [0.25, 0.3) is 0 Å². The summed E-state index contributed by atoms with van der Waals surface area (Å²) >= 11 is 0. The average Bonchev–Trinajstić information content (AvgIpc) is 2.75. The molecule has 1 aliphatic rings. The number of hydrogen-bond donors (Lipinski definition) is 3. The number of nitrogens with one attached hydrogen (secondary N) is 2. The molecule has 9 heteroatoms. The SMILES string of the molecule is Cc1ccc(S(=O)(=O)N[C@@H]2C=C[C@H](CC(=O)NCCc3ccncc3)O[C@@H]2CO)cc1. The number of sulfonamides is 1. The van der Waals surface area contributed by atoms with Crippen LogP contribution in [-0.2, 0) is 26.0 Å². The molecule has 0 saturated heterocycles. The fourth-order valence-corrected chi connectivity index (χ4v) is 4.44. The number of carbonyl (C=O) groups is 1. The van der Waals surface area contributed by atoms with E-state index in [1.54, 1.807) is 36.7 Å². The van der Waals surface area contributed by atoms with Crippen LogP contribution in [0.15, 0.2) is 65.8 Å². The highest BCUT2D eigenvalue weighted by molar-refractivity contribution is 7.89. The lowest BCUT2D eigenvalue weighted by atomic mass is 10.1. The molecule has 0 aliphatic carbocycles. The summed E-state index contributed by atoms with van der Waals surface area (Å²) in [6.45, 7) is 1.98. The van der Waals surface area contributed by atoms with Gasteiger partial charge < -0.3 is 15.2 Å². The number of aryl methyl sites for hydroxylation is 1. The number of aliphatic hydroxyl groups is 1. The molecule has 3 rings (SSSR count). The molecule has 0 saturated carbocycles. The van der Waals surface area contributed by atoms with Gasteiger partial charge in [-0.3, -0.25) is 9.78 Å². The predicted molar refractivity (Wildman–Crippen MR) is 116 cm³/mol. The van der Waals surface area contributed by atoms with Gasteiger partial charge in [-0.15, -0.1) is 0 Å². The highest BCUT2D eigenvalue weighted by atomic mass is 32.2. The Morgan fingerprint density at radius 1 is 1.13 bits per heavy atom. The Kier molecular flexibility index (Phi) is 7.91. The van der Waals surface area contributed by atoms with Gasteiger partial charge in [-0.2, -0.15) is 0 Å². The summed E-state index contributed by atoms with van der Waals surface area (Å²) in [5.74, 6) is -0.181. The van der Waals surface area contributed by atoms with E-state index in [0.29, 0.717) is 13.0 Å². The van der Waals surface area contributed by atoms with Crippen LogP contribution in [0.25, 0.3) is 0 Å². The van der Waals surface area contributed by atoms with Crippen LogP contribution in [0.1, 0.15) is 17.5 Å². The number of carbonyl (C=O) groups excluding carboxylic acids is 1. The Balaban J connectivity index is 1.53. The zero-order chi connectivity index (χ0) is 22.3. The van der Waals surface area contributed by atoms with E-state index in [2.05, 4.69) is 15.0 Å². The highest BCUT2D eigenvalue weighted by Crippen LogP contribution is 2.18. The molecule has 2 heterocycles. The lowest BCUT2D eigenvalue weighted by Gasteiger charge is -2.31. The minimum absolute atomic E-state index is 0.0841. The smallest absolute Gasteiger partial charge is 0.241 e. The van der Waals surface area contributed by atoms with Gasteiger partial charge in [0.05, 0.1) is 30.1 Å². The summed E-state index contributed by atoms with van der Waals surface area (Å²) in [6.07, 6.45) is 6.13. The molecule has 0 spiro atoms. The summed E-state index contributed by atoms with van der Waals surface area (Å²) in [5.41, 5.74) is 2.03. The minimum atomic E-state index is -3.77. The molecule has 2 aromatic rings. The van der Waals surface area contributed by atoms with Crippen LogP contribution in [0.5, 0.6) is 0 Å². The first-order valence-corrected chi connectivity index (χ1v) is 11.5. The fourth-order valence-electron chi connectivity index (χ4n) is 3.23. The Labute approximate surface area is 182 Å². The normalized spacial score (nSPS) is 21.0. The van der Waals surface area contributed by atoms with Gasteiger partial charge >= 0.3 is 0 Å². The molecule has 0 fully saturated rings. The molecule has 166 valence electrons. The molecular weight excluding hydrogens is 418 g/mol. The van der Waals surface area contributed by atoms with E-state index in [-0.39, 0.29) is 23.8 Å². The Bertz CT molecular complexity index is 994. The maximum atomic E-state index is 12.6. The molecule has 0 bridgehead atoms.